The lowest BCUT2D eigenvalue weighted by molar-refractivity contribution is 0.778. The predicted octanol–water partition coefficient (Wildman–Crippen LogP) is 4.79. The molecule has 0 aliphatic rings. The van der Waals surface area contributed by atoms with Crippen molar-refractivity contribution in [2.75, 3.05) is 0 Å². The van der Waals surface area contributed by atoms with Crippen LogP contribution in [-0.2, 0) is 12.4 Å². The van der Waals surface area contributed by atoms with Gasteiger partial charge in [0.15, 0.2) is 0 Å². The van der Waals surface area contributed by atoms with Crippen molar-refractivity contribution in [1.82, 2.24) is 9.55 Å². The first-order valence-corrected chi connectivity index (χ1v) is 7.35. The van der Waals surface area contributed by atoms with Gasteiger partial charge in [-0.15, -0.1) is 11.6 Å². The van der Waals surface area contributed by atoms with E-state index in [-0.39, 0.29) is 0 Å². The van der Waals surface area contributed by atoms with Gasteiger partial charge in [0.05, 0.1) is 23.5 Å². The Balaban J connectivity index is 2.14. The first-order valence-electron chi connectivity index (χ1n) is 6.44. The Morgan fingerprint density at radius 3 is 2.70 bits per heavy atom. The highest BCUT2D eigenvalue weighted by atomic mass is 35.5. The molecule has 0 N–H and O–H groups in total. The van der Waals surface area contributed by atoms with Crippen molar-refractivity contribution in [2.24, 2.45) is 0 Å². The zero-order valence-corrected chi connectivity index (χ0v) is 12.6. The third-order valence-electron chi connectivity index (χ3n) is 3.39. The standard InChI is InChI=1S/C16H14Cl2N2/c1-11-6-7-14-15(8-11)20(16(9-17)19-14)10-12-4-2-3-5-13(12)18/h2-8H,9-10H2,1H3. The summed E-state index contributed by atoms with van der Waals surface area (Å²) < 4.78 is 2.14. The molecule has 0 aliphatic heterocycles. The minimum absolute atomic E-state index is 0.387. The third-order valence-corrected chi connectivity index (χ3v) is 4.00. The second kappa shape index (κ2) is 5.47. The van der Waals surface area contributed by atoms with Gasteiger partial charge >= 0.3 is 0 Å². The maximum Gasteiger partial charge on any atom is 0.125 e. The zero-order chi connectivity index (χ0) is 14.1. The van der Waals surface area contributed by atoms with Crippen LogP contribution in [0.2, 0.25) is 5.02 Å². The van der Waals surface area contributed by atoms with Gasteiger partial charge in [-0.2, -0.15) is 0 Å². The zero-order valence-electron chi connectivity index (χ0n) is 11.1. The molecule has 102 valence electrons. The van der Waals surface area contributed by atoms with E-state index in [1.165, 1.54) is 5.56 Å². The largest absolute Gasteiger partial charge is 0.322 e. The molecule has 0 spiro atoms. The van der Waals surface area contributed by atoms with Crippen LogP contribution in [0.4, 0.5) is 0 Å². The number of hydrogen-bond acceptors (Lipinski definition) is 1. The Kier molecular flexibility index (Phi) is 3.68. The van der Waals surface area contributed by atoms with E-state index in [1.54, 1.807) is 0 Å². The number of rotatable bonds is 3. The number of benzene rings is 2. The number of imidazole rings is 1. The highest BCUT2D eigenvalue weighted by molar-refractivity contribution is 6.31. The molecule has 0 radical (unpaired) electrons. The van der Waals surface area contributed by atoms with Crippen LogP contribution in [-0.4, -0.2) is 9.55 Å². The highest BCUT2D eigenvalue weighted by Gasteiger charge is 2.11. The molecule has 1 aromatic heterocycles. The molecule has 0 saturated heterocycles. The molecule has 2 aromatic carbocycles. The van der Waals surface area contributed by atoms with Crippen LogP contribution in [0.1, 0.15) is 17.0 Å². The summed E-state index contributed by atoms with van der Waals surface area (Å²) in [6.45, 7) is 2.76. The molecule has 0 fully saturated rings. The Morgan fingerprint density at radius 1 is 1.15 bits per heavy atom. The number of nitrogens with zero attached hydrogens (tertiary/aromatic N) is 2. The fourth-order valence-corrected chi connectivity index (χ4v) is 2.76. The van der Waals surface area contributed by atoms with Gasteiger partial charge in [-0.3, -0.25) is 0 Å². The minimum atomic E-state index is 0.387. The van der Waals surface area contributed by atoms with Crippen LogP contribution in [0.5, 0.6) is 0 Å². The van der Waals surface area contributed by atoms with E-state index in [1.807, 2.05) is 30.3 Å². The molecular formula is C16H14Cl2N2. The van der Waals surface area contributed by atoms with Crippen LogP contribution >= 0.6 is 23.2 Å². The summed E-state index contributed by atoms with van der Waals surface area (Å²) >= 11 is 12.3. The van der Waals surface area contributed by atoms with Gasteiger partial charge in [0, 0.05) is 5.02 Å². The Bertz CT molecular complexity index is 762. The molecule has 20 heavy (non-hydrogen) atoms. The van der Waals surface area contributed by atoms with E-state index in [0.717, 1.165) is 27.4 Å². The SMILES string of the molecule is Cc1ccc2nc(CCl)n(Cc3ccccc3Cl)c2c1. The summed E-state index contributed by atoms with van der Waals surface area (Å²) in [6, 6.07) is 14.1. The quantitative estimate of drug-likeness (QED) is 0.636. The normalized spacial score (nSPS) is 11.2. The van der Waals surface area contributed by atoms with Crippen LogP contribution in [0.3, 0.4) is 0 Å². The lowest BCUT2D eigenvalue weighted by Gasteiger charge is -2.09. The fourth-order valence-electron chi connectivity index (χ4n) is 2.36. The molecule has 1 heterocycles. The maximum absolute atomic E-state index is 6.25. The van der Waals surface area contributed by atoms with Crippen molar-refractivity contribution >= 4 is 34.2 Å². The smallest absolute Gasteiger partial charge is 0.125 e. The van der Waals surface area contributed by atoms with Gasteiger partial charge in [0.1, 0.15) is 5.82 Å². The topological polar surface area (TPSA) is 17.8 Å². The average molecular weight is 305 g/mol. The first kappa shape index (κ1) is 13.5. The summed E-state index contributed by atoms with van der Waals surface area (Å²) in [7, 11) is 0. The molecule has 0 bridgehead atoms. The Labute approximate surface area is 128 Å². The van der Waals surface area contributed by atoms with Crippen LogP contribution in [0, 0.1) is 6.92 Å². The van der Waals surface area contributed by atoms with Gasteiger partial charge in [-0.05, 0) is 36.2 Å². The average Bonchev–Trinajstić information content (AvgIpc) is 2.79. The molecule has 0 atom stereocenters. The molecule has 3 aromatic rings. The van der Waals surface area contributed by atoms with Gasteiger partial charge in [-0.1, -0.05) is 35.9 Å². The summed E-state index contributed by atoms with van der Waals surface area (Å²) in [5, 5.41) is 0.766. The number of aryl methyl sites for hydroxylation is 1. The molecule has 0 aliphatic carbocycles. The number of hydrogen-bond donors (Lipinski definition) is 0. The van der Waals surface area contributed by atoms with Crippen LogP contribution < -0.4 is 0 Å². The van der Waals surface area contributed by atoms with Crippen molar-refractivity contribution in [3.05, 3.63) is 64.4 Å². The van der Waals surface area contributed by atoms with Crippen LogP contribution in [0.15, 0.2) is 42.5 Å². The first-order chi connectivity index (χ1) is 9.69. The number of fused-ring (bicyclic) bond motifs is 1. The predicted molar refractivity (Wildman–Crippen MR) is 84.6 cm³/mol. The highest BCUT2D eigenvalue weighted by Crippen LogP contribution is 2.23. The molecular weight excluding hydrogens is 291 g/mol. The second-order valence-electron chi connectivity index (χ2n) is 4.83. The van der Waals surface area contributed by atoms with E-state index in [2.05, 4.69) is 28.6 Å². The number of aromatic nitrogens is 2. The van der Waals surface area contributed by atoms with Crippen molar-refractivity contribution in [1.29, 1.82) is 0 Å². The lowest BCUT2D eigenvalue weighted by Crippen LogP contribution is -2.04. The van der Waals surface area contributed by atoms with Gasteiger partial charge < -0.3 is 4.57 Å². The van der Waals surface area contributed by atoms with E-state index in [0.29, 0.717) is 12.4 Å². The molecule has 4 heteroatoms. The molecule has 2 nitrogen and oxygen atoms in total. The van der Waals surface area contributed by atoms with Gasteiger partial charge in [-0.25, -0.2) is 4.98 Å². The Morgan fingerprint density at radius 2 is 1.95 bits per heavy atom. The van der Waals surface area contributed by atoms with Crippen LogP contribution in [0.25, 0.3) is 11.0 Å². The van der Waals surface area contributed by atoms with Crippen molar-refractivity contribution in [2.45, 2.75) is 19.3 Å². The minimum Gasteiger partial charge on any atom is -0.322 e. The maximum atomic E-state index is 6.25. The summed E-state index contributed by atoms with van der Waals surface area (Å²) in [5.74, 6) is 1.25. The monoisotopic (exact) mass is 304 g/mol. The molecule has 0 saturated carbocycles. The molecule has 0 unspecified atom stereocenters. The van der Waals surface area contributed by atoms with E-state index in [9.17, 15) is 0 Å². The Hall–Kier alpha value is -1.51. The van der Waals surface area contributed by atoms with E-state index in [4.69, 9.17) is 23.2 Å². The number of alkyl halides is 1. The fraction of sp³-hybridized carbons (Fsp3) is 0.188. The van der Waals surface area contributed by atoms with Crippen molar-refractivity contribution in [3.63, 3.8) is 0 Å². The third kappa shape index (κ3) is 2.41. The van der Waals surface area contributed by atoms with Gasteiger partial charge in [0.2, 0.25) is 0 Å². The van der Waals surface area contributed by atoms with Gasteiger partial charge in [0.25, 0.3) is 0 Å². The number of halogens is 2. The van der Waals surface area contributed by atoms with Crippen molar-refractivity contribution < 1.29 is 0 Å². The van der Waals surface area contributed by atoms with E-state index >= 15 is 0 Å². The summed E-state index contributed by atoms with van der Waals surface area (Å²) in [5.41, 5.74) is 4.35. The van der Waals surface area contributed by atoms with E-state index < -0.39 is 0 Å². The lowest BCUT2D eigenvalue weighted by atomic mass is 10.2. The summed E-state index contributed by atoms with van der Waals surface area (Å²) in [6.07, 6.45) is 0. The molecule has 3 rings (SSSR count). The van der Waals surface area contributed by atoms with Crippen molar-refractivity contribution in [3.8, 4) is 0 Å². The second-order valence-corrected chi connectivity index (χ2v) is 5.51. The summed E-state index contributed by atoms with van der Waals surface area (Å²) in [4.78, 5) is 4.59. The molecule has 0 amide bonds.